The number of hydrogen-bond acceptors (Lipinski definition) is 3. The summed E-state index contributed by atoms with van der Waals surface area (Å²) in [5.41, 5.74) is 0.965. The fourth-order valence-corrected chi connectivity index (χ4v) is 3.24. The Morgan fingerprint density at radius 3 is 2.71 bits per heavy atom. The van der Waals surface area contributed by atoms with Gasteiger partial charge in [-0.2, -0.15) is 5.10 Å². The monoisotopic (exact) mass is 295 g/mol. The number of aromatic nitrogens is 3. The normalized spacial score (nSPS) is 11.1. The van der Waals surface area contributed by atoms with Gasteiger partial charge in [0.15, 0.2) is 11.6 Å². The number of rotatable bonds is 2. The Morgan fingerprint density at radius 2 is 1.86 bits per heavy atom. The molecule has 102 valence electrons. The second-order valence-corrected chi connectivity index (χ2v) is 5.75. The van der Waals surface area contributed by atoms with Crippen molar-refractivity contribution in [1.82, 2.24) is 15.2 Å². The van der Waals surface area contributed by atoms with Crippen molar-refractivity contribution in [2.75, 3.05) is 0 Å². The molecule has 21 heavy (non-hydrogen) atoms. The van der Waals surface area contributed by atoms with Crippen LogP contribution in [0.1, 0.15) is 0 Å². The molecule has 0 aliphatic carbocycles. The van der Waals surface area contributed by atoms with E-state index < -0.39 is 0 Å². The third-order valence-corrected chi connectivity index (χ3v) is 4.34. The highest BCUT2D eigenvalue weighted by Crippen LogP contribution is 2.32. The molecule has 0 saturated carbocycles. The van der Waals surface area contributed by atoms with Crippen LogP contribution in [0.4, 0.5) is 4.39 Å². The second kappa shape index (κ2) is 4.79. The number of H-pyrrole nitrogens is 1. The number of aromatic amines is 1. The molecule has 0 amide bonds. The minimum absolute atomic E-state index is 0.224. The standard InChI is InChI=1S/C16H10FN3S/c17-12-7-6-11-8-14(21-13(11)9-12)16-18-15(19-20-16)10-4-2-1-3-5-10/h1-9H,(H,18,19,20). The van der Waals surface area contributed by atoms with Crippen molar-refractivity contribution in [3.8, 4) is 22.1 Å². The van der Waals surface area contributed by atoms with E-state index in [2.05, 4.69) is 15.2 Å². The maximum Gasteiger partial charge on any atom is 0.181 e. The van der Waals surface area contributed by atoms with Crippen LogP contribution in [0.15, 0.2) is 54.6 Å². The van der Waals surface area contributed by atoms with E-state index in [-0.39, 0.29) is 5.82 Å². The Morgan fingerprint density at radius 1 is 1.00 bits per heavy atom. The minimum Gasteiger partial charge on any atom is -0.258 e. The van der Waals surface area contributed by atoms with Crippen LogP contribution in [0.3, 0.4) is 0 Å². The van der Waals surface area contributed by atoms with Gasteiger partial charge in [0.25, 0.3) is 0 Å². The first kappa shape index (κ1) is 12.2. The highest BCUT2D eigenvalue weighted by molar-refractivity contribution is 7.22. The fraction of sp³-hybridized carbons (Fsp3) is 0. The Balaban J connectivity index is 1.77. The summed E-state index contributed by atoms with van der Waals surface area (Å²) in [6.45, 7) is 0. The molecule has 0 radical (unpaired) electrons. The molecule has 0 atom stereocenters. The first-order valence-corrected chi connectivity index (χ1v) is 7.28. The summed E-state index contributed by atoms with van der Waals surface area (Å²) < 4.78 is 14.1. The molecule has 1 N–H and O–H groups in total. The van der Waals surface area contributed by atoms with Gasteiger partial charge in [-0.25, -0.2) is 9.37 Å². The predicted octanol–water partition coefficient (Wildman–Crippen LogP) is 4.49. The van der Waals surface area contributed by atoms with Crippen LogP contribution in [-0.2, 0) is 0 Å². The summed E-state index contributed by atoms with van der Waals surface area (Å²) in [6.07, 6.45) is 0. The minimum atomic E-state index is -0.224. The van der Waals surface area contributed by atoms with Crippen molar-refractivity contribution in [2.24, 2.45) is 0 Å². The molecule has 2 heterocycles. The number of fused-ring (bicyclic) bond motifs is 1. The predicted molar refractivity (Wildman–Crippen MR) is 82.6 cm³/mol. The van der Waals surface area contributed by atoms with Crippen molar-refractivity contribution in [2.45, 2.75) is 0 Å². The molecule has 2 aromatic heterocycles. The molecule has 0 aliphatic rings. The van der Waals surface area contributed by atoms with Crippen LogP contribution in [0.5, 0.6) is 0 Å². The number of benzene rings is 2. The lowest BCUT2D eigenvalue weighted by Gasteiger charge is -1.91. The molecule has 4 rings (SSSR count). The van der Waals surface area contributed by atoms with E-state index in [0.717, 1.165) is 20.5 Å². The lowest BCUT2D eigenvalue weighted by molar-refractivity contribution is 0.630. The summed E-state index contributed by atoms with van der Waals surface area (Å²) in [5, 5.41) is 8.21. The Hall–Kier alpha value is -2.53. The number of thiophene rings is 1. The van der Waals surface area contributed by atoms with Crippen LogP contribution in [0.2, 0.25) is 0 Å². The quantitative estimate of drug-likeness (QED) is 0.592. The van der Waals surface area contributed by atoms with Crippen molar-refractivity contribution in [1.29, 1.82) is 0 Å². The van der Waals surface area contributed by atoms with Gasteiger partial charge in [0, 0.05) is 10.3 Å². The average Bonchev–Trinajstić information content (AvgIpc) is 3.14. The van der Waals surface area contributed by atoms with Crippen LogP contribution in [0, 0.1) is 5.82 Å². The topological polar surface area (TPSA) is 41.6 Å². The average molecular weight is 295 g/mol. The van der Waals surface area contributed by atoms with Gasteiger partial charge >= 0.3 is 0 Å². The smallest absolute Gasteiger partial charge is 0.181 e. The maximum absolute atomic E-state index is 13.2. The van der Waals surface area contributed by atoms with Gasteiger partial charge in [-0.05, 0) is 23.6 Å². The molecule has 5 heteroatoms. The van der Waals surface area contributed by atoms with E-state index in [0.29, 0.717) is 11.6 Å². The van der Waals surface area contributed by atoms with E-state index in [4.69, 9.17) is 0 Å². The Bertz CT molecular complexity index is 912. The first-order valence-electron chi connectivity index (χ1n) is 6.47. The lowest BCUT2D eigenvalue weighted by Crippen LogP contribution is -1.78. The second-order valence-electron chi connectivity index (χ2n) is 4.67. The number of halogens is 1. The van der Waals surface area contributed by atoms with E-state index in [1.54, 1.807) is 6.07 Å². The molecule has 4 aromatic rings. The molecule has 0 spiro atoms. The zero-order valence-corrected chi connectivity index (χ0v) is 11.7. The third-order valence-electron chi connectivity index (χ3n) is 3.23. The first-order chi connectivity index (χ1) is 10.3. The van der Waals surface area contributed by atoms with Gasteiger partial charge in [-0.3, -0.25) is 5.10 Å². The lowest BCUT2D eigenvalue weighted by atomic mass is 10.2. The highest BCUT2D eigenvalue weighted by Gasteiger charge is 2.10. The molecule has 0 bridgehead atoms. The zero-order valence-electron chi connectivity index (χ0n) is 10.9. The maximum atomic E-state index is 13.2. The fourth-order valence-electron chi connectivity index (χ4n) is 2.21. The van der Waals surface area contributed by atoms with E-state index >= 15 is 0 Å². The zero-order chi connectivity index (χ0) is 14.2. The van der Waals surface area contributed by atoms with Crippen LogP contribution >= 0.6 is 11.3 Å². The summed E-state index contributed by atoms with van der Waals surface area (Å²) >= 11 is 1.50. The Kier molecular flexibility index (Phi) is 2.79. The molecule has 0 aliphatic heterocycles. The molecule has 0 saturated heterocycles. The summed E-state index contributed by atoms with van der Waals surface area (Å²) in [6, 6.07) is 16.6. The van der Waals surface area contributed by atoms with E-state index in [1.165, 1.54) is 23.5 Å². The molecular formula is C16H10FN3S. The van der Waals surface area contributed by atoms with Crippen LogP contribution in [-0.4, -0.2) is 15.2 Å². The molecule has 3 nitrogen and oxygen atoms in total. The van der Waals surface area contributed by atoms with Crippen LogP contribution in [0.25, 0.3) is 32.2 Å². The van der Waals surface area contributed by atoms with Gasteiger partial charge in [-0.1, -0.05) is 36.4 Å². The summed E-state index contributed by atoms with van der Waals surface area (Å²) in [5.74, 6) is 1.14. The van der Waals surface area contributed by atoms with Crippen molar-refractivity contribution in [3.63, 3.8) is 0 Å². The Labute approximate surface area is 124 Å². The molecule has 2 aromatic carbocycles. The molecule has 0 unspecified atom stereocenters. The molecular weight excluding hydrogens is 285 g/mol. The van der Waals surface area contributed by atoms with Gasteiger partial charge in [0.05, 0.1) is 4.88 Å². The van der Waals surface area contributed by atoms with E-state index in [9.17, 15) is 4.39 Å². The van der Waals surface area contributed by atoms with Gasteiger partial charge in [0.1, 0.15) is 5.82 Å². The largest absolute Gasteiger partial charge is 0.258 e. The number of hydrogen-bond donors (Lipinski definition) is 1. The molecule has 0 fully saturated rings. The summed E-state index contributed by atoms with van der Waals surface area (Å²) in [7, 11) is 0. The summed E-state index contributed by atoms with van der Waals surface area (Å²) in [4.78, 5) is 5.47. The van der Waals surface area contributed by atoms with Gasteiger partial charge in [-0.15, -0.1) is 11.3 Å². The van der Waals surface area contributed by atoms with Crippen molar-refractivity contribution in [3.05, 3.63) is 60.4 Å². The highest BCUT2D eigenvalue weighted by atomic mass is 32.1. The third kappa shape index (κ3) is 2.21. The number of nitrogens with one attached hydrogen (secondary N) is 1. The number of nitrogens with zero attached hydrogens (tertiary/aromatic N) is 2. The van der Waals surface area contributed by atoms with Gasteiger partial charge < -0.3 is 0 Å². The van der Waals surface area contributed by atoms with Gasteiger partial charge in [0.2, 0.25) is 0 Å². The van der Waals surface area contributed by atoms with Crippen molar-refractivity contribution < 1.29 is 4.39 Å². The SMILES string of the molecule is Fc1ccc2cc(-c3nc(-c4ccccc4)n[nH]3)sc2c1. The van der Waals surface area contributed by atoms with Crippen LogP contribution < -0.4 is 0 Å². The van der Waals surface area contributed by atoms with E-state index in [1.807, 2.05) is 36.4 Å². The van der Waals surface area contributed by atoms with Crippen molar-refractivity contribution >= 4 is 21.4 Å².